The number of ether oxygens (including phenoxy) is 1. The zero-order valence-corrected chi connectivity index (χ0v) is 20.9. The molecule has 4 aromatic rings. The van der Waals surface area contributed by atoms with Crippen molar-refractivity contribution in [1.82, 2.24) is 34.9 Å². The number of nitrogens with zero attached hydrogens (tertiary/aromatic N) is 6. The molecule has 0 saturated carbocycles. The lowest BCUT2D eigenvalue weighted by Crippen LogP contribution is -2.39. The summed E-state index contributed by atoms with van der Waals surface area (Å²) in [5, 5.41) is 12.3. The van der Waals surface area contributed by atoms with Gasteiger partial charge < -0.3 is 19.9 Å². The van der Waals surface area contributed by atoms with Crippen LogP contribution in [-0.4, -0.2) is 81.2 Å². The molecule has 1 aliphatic heterocycles. The van der Waals surface area contributed by atoms with Crippen molar-refractivity contribution in [2.45, 2.75) is 31.7 Å². The number of likely N-dealkylation sites (tertiary alicyclic amines) is 1. The lowest BCUT2D eigenvalue weighted by molar-refractivity contribution is -0.134. The quantitative estimate of drug-likeness (QED) is 0.437. The van der Waals surface area contributed by atoms with E-state index < -0.39 is 0 Å². The van der Waals surface area contributed by atoms with E-state index >= 15 is 0 Å². The fourth-order valence-electron chi connectivity index (χ4n) is 5.27. The number of fused-ring (bicyclic) bond motifs is 4. The van der Waals surface area contributed by atoms with Crippen molar-refractivity contribution in [2.75, 3.05) is 39.6 Å². The number of rotatable bonds is 5. The van der Waals surface area contributed by atoms with Gasteiger partial charge in [0.2, 0.25) is 11.8 Å². The molecule has 10 nitrogen and oxygen atoms in total. The van der Waals surface area contributed by atoms with Crippen LogP contribution in [0.15, 0.2) is 18.6 Å². The number of H-pyrrole nitrogens is 1. The second kappa shape index (κ2) is 8.72. The fourth-order valence-corrected chi connectivity index (χ4v) is 6.54. The molecule has 35 heavy (non-hydrogen) atoms. The molecule has 1 saturated heterocycles. The van der Waals surface area contributed by atoms with E-state index in [1.165, 1.54) is 10.4 Å². The van der Waals surface area contributed by atoms with E-state index in [4.69, 9.17) is 4.74 Å². The van der Waals surface area contributed by atoms with E-state index in [0.717, 1.165) is 65.9 Å². The molecule has 0 aromatic carbocycles. The van der Waals surface area contributed by atoms with E-state index in [0.29, 0.717) is 23.5 Å². The number of carbonyl (C=O) groups excluding carboxylic acids is 1. The van der Waals surface area contributed by atoms with Crippen LogP contribution in [0, 0.1) is 5.92 Å². The number of aromatic amines is 1. The van der Waals surface area contributed by atoms with Crippen molar-refractivity contribution in [3.05, 3.63) is 29.0 Å². The van der Waals surface area contributed by atoms with Crippen molar-refractivity contribution >= 4 is 50.0 Å². The Morgan fingerprint density at radius 1 is 1.31 bits per heavy atom. The van der Waals surface area contributed by atoms with Crippen LogP contribution >= 0.6 is 11.3 Å². The van der Waals surface area contributed by atoms with E-state index in [1.807, 2.05) is 6.07 Å². The van der Waals surface area contributed by atoms with Crippen LogP contribution in [0.25, 0.3) is 21.3 Å². The molecule has 1 fully saturated rings. The summed E-state index contributed by atoms with van der Waals surface area (Å²) >= 11 is 1.68. The van der Waals surface area contributed by atoms with E-state index in [1.54, 1.807) is 31.0 Å². The average Bonchev–Trinajstić information content (AvgIpc) is 3.60. The molecule has 0 spiro atoms. The Morgan fingerprint density at radius 3 is 3.00 bits per heavy atom. The second-order valence-corrected chi connectivity index (χ2v) is 10.6. The molecule has 0 unspecified atom stereocenters. The molecule has 1 amide bonds. The maximum atomic E-state index is 13.3. The third-order valence-corrected chi connectivity index (χ3v) is 8.40. The Balaban J connectivity index is 1.28. The summed E-state index contributed by atoms with van der Waals surface area (Å²) < 4.78 is 5.51. The van der Waals surface area contributed by atoms with Gasteiger partial charge in [0.25, 0.3) is 0 Å². The lowest BCUT2D eigenvalue weighted by Gasteiger charge is -2.27. The van der Waals surface area contributed by atoms with Gasteiger partial charge in [-0.15, -0.1) is 11.3 Å². The number of amides is 1. The summed E-state index contributed by atoms with van der Waals surface area (Å²) in [5.41, 5.74) is 2.63. The van der Waals surface area contributed by atoms with E-state index in [2.05, 4.69) is 54.4 Å². The molecule has 5 heterocycles. The Labute approximate surface area is 206 Å². The summed E-state index contributed by atoms with van der Waals surface area (Å²) in [6.45, 7) is 1.69. The maximum absolute atomic E-state index is 13.3. The average molecular weight is 493 g/mol. The summed E-state index contributed by atoms with van der Waals surface area (Å²) in [6.07, 6.45) is 6.82. The zero-order valence-electron chi connectivity index (χ0n) is 20.0. The van der Waals surface area contributed by atoms with Crippen LogP contribution in [0.5, 0.6) is 5.88 Å². The van der Waals surface area contributed by atoms with Gasteiger partial charge in [-0.05, 0) is 51.4 Å². The minimum Gasteiger partial charge on any atom is -0.479 e. The van der Waals surface area contributed by atoms with E-state index in [-0.39, 0.29) is 5.92 Å². The van der Waals surface area contributed by atoms with Crippen molar-refractivity contribution in [3.8, 4) is 5.88 Å². The van der Waals surface area contributed by atoms with Gasteiger partial charge in [-0.3, -0.25) is 9.89 Å². The minimum absolute atomic E-state index is 0.0358. The smallest absolute Gasteiger partial charge is 0.239 e. The van der Waals surface area contributed by atoms with Crippen LogP contribution in [0.2, 0.25) is 0 Å². The fraction of sp³-hybridized carbons (Fsp3) is 0.458. The molecule has 4 aromatic heterocycles. The first-order valence-corrected chi connectivity index (χ1v) is 12.7. The highest BCUT2D eigenvalue weighted by molar-refractivity contribution is 7.19. The summed E-state index contributed by atoms with van der Waals surface area (Å²) in [6, 6.07) is 2.41. The predicted molar refractivity (Wildman–Crippen MR) is 135 cm³/mol. The second-order valence-electron chi connectivity index (χ2n) is 9.51. The van der Waals surface area contributed by atoms with Gasteiger partial charge in [-0.2, -0.15) is 10.1 Å². The number of hydrogen-bond acceptors (Lipinski definition) is 9. The van der Waals surface area contributed by atoms with Crippen LogP contribution in [0.1, 0.15) is 23.3 Å². The molecule has 182 valence electrons. The molecule has 2 aliphatic rings. The Kier molecular flexibility index (Phi) is 5.53. The first kappa shape index (κ1) is 22.2. The molecule has 0 radical (unpaired) electrons. The molecule has 6 rings (SSSR count). The topological polar surface area (TPSA) is 112 Å². The molecule has 11 heteroatoms. The Bertz CT molecular complexity index is 1410. The number of carbonyl (C=O) groups is 1. The van der Waals surface area contributed by atoms with Crippen molar-refractivity contribution < 1.29 is 9.53 Å². The number of anilines is 2. The number of methoxy groups -OCH3 is 1. The van der Waals surface area contributed by atoms with Crippen molar-refractivity contribution in [1.29, 1.82) is 0 Å². The number of likely N-dealkylation sites (N-methyl/N-ethyl adjacent to an activating group) is 1. The minimum atomic E-state index is 0.0358. The van der Waals surface area contributed by atoms with Crippen LogP contribution in [0.3, 0.4) is 0 Å². The van der Waals surface area contributed by atoms with Gasteiger partial charge in [-0.25, -0.2) is 9.97 Å². The highest BCUT2D eigenvalue weighted by Crippen LogP contribution is 2.41. The van der Waals surface area contributed by atoms with Gasteiger partial charge in [0.05, 0.1) is 18.7 Å². The van der Waals surface area contributed by atoms with Crippen LogP contribution < -0.4 is 10.1 Å². The molecule has 1 aliphatic carbocycles. The Hall–Kier alpha value is -3.31. The molecule has 2 N–H and O–H groups in total. The SMILES string of the molecule is COc1nc2[nH]ncc2cc1Nc1ncnc2sc3c(c12)CC[C@H](C(=O)N1CC[C@@H](N(C)C)C1)C3. The summed E-state index contributed by atoms with van der Waals surface area (Å²) in [4.78, 5) is 33.4. The first-order valence-electron chi connectivity index (χ1n) is 11.9. The number of aromatic nitrogens is 5. The van der Waals surface area contributed by atoms with Crippen LogP contribution in [0.4, 0.5) is 11.5 Å². The molecular weight excluding hydrogens is 464 g/mol. The monoisotopic (exact) mass is 492 g/mol. The number of nitrogens with one attached hydrogen (secondary N) is 2. The largest absolute Gasteiger partial charge is 0.479 e. The molecule has 2 atom stereocenters. The maximum Gasteiger partial charge on any atom is 0.239 e. The van der Waals surface area contributed by atoms with Gasteiger partial charge in [-0.1, -0.05) is 0 Å². The third kappa shape index (κ3) is 3.88. The summed E-state index contributed by atoms with van der Waals surface area (Å²) in [7, 11) is 5.78. The van der Waals surface area contributed by atoms with Crippen molar-refractivity contribution in [2.24, 2.45) is 5.92 Å². The van der Waals surface area contributed by atoms with Gasteiger partial charge >= 0.3 is 0 Å². The number of hydrogen-bond donors (Lipinski definition) is 2. The van der Waals surface area contributed by atoms with Crippen molar-refractivity contribution in [3.63, 3.8) is 0 Å². The standard InChI is InChI=1S/C24H28N8O2S/c1-31(2)15-6-7-32(11-15)24(33)13-4-5-16-18(9-13)35-23-19(16)21(25-12-26-23)28-17-8-14-10-27-30-20(14)29-22(17)34-3/h8,10,12-13,15H,4-7,9,11H2,1-3H3,(H,25,26,28)(H,27,29,30)/t13-,15+/m0/s1. The number of thiophene rings is 1. The highest BCUT2D eigenvalue weighted by Gasteiger charge is 2.35. The first-order chi connectivity index (χ1) is 17.0. The third-order valence-electron chi connectivity index (χ3n) is 7.24. The van der Waals surface area contributed by atoms with Gasteiger partial charge in [0, 0.05) is 35.3 Å². The number of aryl methyl sites for hydroxylation is 1. The van der Waals surface area contributed by atoms with Gasteiger partial charge in [0.1, 0.15) is 22.7 Å². The van der Waals surface area contributed by atoms with Crippen LogP contribution in [-0.2, 0) is 17.6 Å². The van der Waals surface area contributed by atoms with Gasteiger partial charge in [0.15, 0.2) is 5.65 Å². The Morgan fingerprint density at radius 2 is 2.20 bits per heavy atom. The summed E-state index contributed by atoms with van der Waals surface area (Å²) in [5.74, 6) is 1.53. The normalized spacial score (nSPS) is 20.1. The number of pyridine rings is 1. The zero-order chi connectivity index (χ0) is 24.1. The lowest BCUT2D eigenvalue weighted by atomic mass is 9.87. The molecular formula is C24H28N8O2S. The highest BCUT2D eigenvalue weighted by atomic mass is 32.1. The molecule has 0 bridgehead atoms. The predicted octanol–water partition coefficient (Wildman–Crippen LogP) is 2.98. The van der Waals surface area contributed by atoms with E-state index in [9.17, 15) is 4.79 Å².